The summed E-state index contributed by atoms with van der Waals surface area (Å²) in [4.78, 5) is 46.6. The highest BCUT2D eigenvalue weighted by Gasteiger charge is 2.20. The predicted molar refractivity (Wildman–Crippen MR) is 165 cm³/mol. The highest BCUT2D eigenvalue weighted by Crippen LogP contribution is 2.26. The van der Waals surface area contributed by atoms with Gasteiger partial charge in [0.2, 0.25) is 5.91 Å². The van der Waals surface area contributed by atoms with Gasteiger partial charge in [-0.05, 0) is 66.6 Å². The Bertz CT molecular complexity index is 1790. The zero-order chi connectivity index (χ0) is 31.2. The molecule has 0 bridgehead atoms. The minimum atomic E-state index is -0.523. The molecular formula is C34H32FN5O4. The Hall–Kier alpha value is -5.14. The van der Waals surface area contributed by atoms with Crippen molar-refractivity contribution in [2.24, 2.45) is 5.92 Å². The van der Waals surface area contributed by atoms with Crippen molar-refractivity contribution in [2.45, 2.75) is 26.8 Å². The number of amides is 1. The van der Waals surface area contributed by atoms with Crippen LogP contribution in [-0.4, -0.2) is 47.5 Å². The van der Waals surface area contributed by atoms with Crippen LogP contribution in [0.3, 0.4) is 0 Å². The number of rotatable bonds is 9. The number of benzene rings is 3. The van der Waals surface area contributed by atoms with Crippen LogP contribution in [0.5, 0.6) is 0 Å². The van der Waals surface area contributed by atoms with E-state index in [0.29, 0.717) is 66.2 Å². The first-order valence-corrected chi connectivity index (χ1v) is 14.5. The number of anilines is 2. The van der Waals surface area contributed by atoms with Crippen LogP contribution in [-0.2, 0) is 16.1 Å². The number of morpholine rings is 1. The van der Waals surface area contributed by atoms with Crippen LogP contribution < -0.4 is 15.8 Å². The number of nitrogens with zero attached hydrogens (tertiary/aromatic N) is 4. The highest BCUT2D eigenvalue weighted by molar-refractivity contribution is 6.09. The number of nitriles is 1. The van der Waals surface area contributed by atoms with Gasteiger partial charge in [-0.2, -0.15) is 5.26 Å². The molecule has 0 aliphatic carbocycles. The average Bonchev–Trinajstić information content (AvgIpc) is 3.06. The van der Waals surface area contributed by atoms with Crippen molar-refractivity contribution in [3.63, 3.8) is 0 Å². The summed E-state index contributed by atoms with van der Waals surface area (Å²) in [7, 11) is 0. The lowest BCUT2D eigenvalue weighted by Crippen LogP contribution is -2.36. The third kappa shape index (κ3) is 6.74. The van der Waals surface area contributed by atoms with Gasteiger partial charge in [-0.15, -0.1) is 0 Å². The maximum atomic E-state index is 13.9. The largest absolute Gasteiger partial charge is 0.378 e. The summed E-state index contributed by atoms with van der Waals surface area (Å²) in [5, 5.41) is 12.1. The monoisotopic (exact) mass is 593 g/mol. The molecule has 1 aliphatic heterocycles. The Morgan fingerprint density at radius 2 is 1.82 bits per heavy atom. The number of carbonyl (C=O) groups is 2. The second-order valence-corrected chi connectivity index (χ2v) is 10.7. The van der Waals surface area contributed by atoms with Crippen molar-refractivity contribution in [1.29, 1.82) is 5.26 Å². The van der Waals surface area contributed by atoms with Crippen molar-refractivity contribution < 1.29 is 18.7 Å². The normalized spacial score (nSPS) is 13.6. The zero-order valence-electron chi connectivity index (χ0n) is 24.5. The fourth-order valence-corrected chi connectivity index (χ4v) is 4.99. The summed E-state index contributed by atoms with van der Waals surface area (Å²) >= 11 is 0. The van der Waals surface area contributed by atoms with Gasteiger partial charge in [-0.25, -0.2) is 9.37 Å². The molecule has 10 heteroatoms. The van der Waals surface area contributed by atoms with E-state index in [0.717, 1.165) is 5.69 Å². The third-order valence-corrected chi connectivity index (χ3v) is 7.71. The maximum Gasteiger partial charge on any atom is 0.294 e. The number of carbonyl (C=O) groups excluding carboxylic acids is 2. The molecule has 3 aromatic carbocycles. The number of hydrogen-bond acceptors (Lipinski definition) is 7. The molecule has 1 N–H and O–H groups in total. The summed E-state index contributed by atoms with van der Waals surface area (Å²) in [6.07, 6.45) is 2.10. The molecule has 2 heterocycles. The summed E-state index contributed by atoms with van der Waals surface area (Å²) < 4.78 is 20.6. The standard InChI is InChI=1S/C34H32FN5O4/c1-3-22(2)33(42)38-32-34(43)40(30(20-37-32)26-6-4-5-23(15-26)19-36)21-24-16-27(31(41)25-7-9-28(35)10-8-25)18-29(17-24)39-11-13-44-14-12-39/h4-10,15-18,20,22H,3,11-14,21H2,1-2H3,(H,37,38,42)/t22-/m1/s1. The molecule has 9 nitrogen and oxygen atoms in total. The third-order valence-electron chi connectivity index (χ3n) is 7.71. The molecule has 1 amide bonds. The van der Waals surface area contributed by atoms with Gasteiger partial charge in [0.25, 0.3) is 5.56 Å². The Kier molecular flexibility index (Phi) is 9.26. The molecular weight excluding hydrogens is 561 g/mol. The van der Waals surface area contributed by atoms with Gasteiger partial charge in [0.15, 0.2) is 11.6 Å². The van der Waals surface area contributed by atoms with Crippen LogP contribution in [0.2, 0.25) is 0 Å². The number of halogens is 1. The highest BCUT2D eigenvalue weighted by atomic mass is 19.1. The maximum absolute atomic E-state index is 13.9. The summed E-state index contributed by atoms with van der Waals surface area (Å²) in [6, 6.07) is 19.8. The lowest BCUT2D eigenvalue weighted by Gasteiger charge is -2.29. The summed E-state index contributed by atoms with van der Waals surface area (Å²) in [6.45, 7) is 6.02. The molecule has 1 fully saturated rings. The molecule has 0 spiro atoms. The van der Waals surface area contributed by atoms with Gasteiger partial charge < -0.3 is 15.0 Å². The molecule has 4 aromatic rings. The molecule has 0 radical (unpaired) electrons. The number of ketones is 1. The fraction of sp³-hybridized carbons (Fsp3) is 0.265. The van der Waals surface area contributed by atoms with E-state index in [4.69, 9.17) is 4.74 Å². The number of aromatic nitrogens is 2. The van der Waals surface area contributed by atoms with Gasteiger partial charge in [0, 0.05) is 41.4 Å². The first-order chi connectivity index (χ1) is 21.3. The van der Waals surface area contributed by atoms with Crippen molar-refractivity contribution in [3.8, 4) is 17.3 Å². The van der Waals surface area contributed by atoms with E-state index in [-0.39, 0.29) is 30.0 Å². The lowest BCUT2D eigenvalue weighted by molar-refractivity contribution is -0.119. The van der Waals surface area contributed by atoms with E-state index < -0.39 is 11.4 Å². The zero-order valence-corrected chi connectivity index (χ0v) is 24.5. The van der Waals surface area contributed by atoms with Gasteiger partial charge in [0.1, 0.15) is 5.82 Å². The van der Waals surface area contributed by atoms with Gasteiger partial charge >= 0.3 is 0 Å². The second-order valence-electron chi connectivity index (χ2n) is 10.7. The fourth-order valence-electron chi connectivity index (χ4n) is 4.99. The Morgan fingerprint density at radius 1 is 1.07 bits per heavy atom. The van der Waals surface area contributed by atoms with Crippen molar-refractivity contribution in [3.05, 3.63) is 111 Å². The predicted octanol–water partition coefficient (Wildman–Crippen LogP) is 5.02. The first-order valence-electron chi connectivity index (χ1n) is 14.5. The minimum absolute atomic E-state index is 0.0432. The van der Waals surface area contributed by atoms with Crippen molar-refractivity contribution in [2.75, 3.05) is 36.5 Å². The molecule has 5 rings (SSSR count). The Labute approximate surface area is 254 Å². The average molecular weight is 594 g/mol. The quantitative estimate of drug-likeness (QED) is 0.271. The number of hydrogen-bond donors (Lipinski definition) is 1. The van der Waals surface area contributed by atoms with Gasteiger partial charge in [0.05, 0.1) is 43.3 Å². The van der Waals surface area contributed by atoms with Crippen LogP contribution in [0.4, 0.5) is 15.9 Å². The Morgan fingerprint density at radius 3 is 2.52 bits per heavy atom. The molecule has 1 atom stereocenters. The lowest BCUT2D eigenvalue weighted by atomic mass is 9.99. The summed E-state index contributed by atoms with van der Waals surface area (Å²) in [5.74, 6) is -1.47. The van der Waals surface area contributed by atoms with E-state index >= 15 is 0 Å². The number of nitrogens with one attached hydrogen (secondary N) is 1. The van der Waals surface area contributed by atoms with Crippen LogP contribution >= 0.6 is 0 Å². The molecule has 1 saturated heterocycles. The number of ether oxygens (including phenoxy) is 1. The SMILES string of the molecule is CC[C@@H](C)C(=O)Nc1ncc(-c2cccc(C#N)c2)n(Cc2cc(C(=O)c3ccc(F)cc3)cc(N3CCOCC3)c2)c1=O. The first kappa shape index (κ1) is 30.3. The van der Waals surface area contributed by atoms with Gasteiger partial charge in [-0.3, -0.25) is 19.0 Å². The van der Waals surface area contributed by atoms with Crippen LogP contribution in [0.15, 0.2) is 77.7 Å². The smallest absolute Gasteiger partial charge is 0.294 e. The van der Waals surface area contributed by atoms with E-state index in [2.05, 4.69) is 21.3 Å². The molecule has 44 heavy (non-hydrogen) atoms. The molecule has 1 aliphatic rings. The summed E-state index contributed by atoms with van der Waals surface area (Å²) in [5.41, 5.74) is 3.10. The van der Waals surface area contributed by atoms with Crippen molar-refractivity contribution >= 4 is 23.2 Å². The van der Waals surface area contributed by atoms with E-state index in [1.807, 2.05) is 13.0 Å². The van der Waals surface area contributed by atoms with Gasteiger partial charge in [-0.1, -0.05) is 26.0 Å². The Balaban J connectivity index is 1.63. The molecule has 0 saturated carbocycles. The second kappa shape index (κ2) is 13.4. The van der Waals surface area contributed by atoms with E-state index in [9.17, 15) is 24.0 Å². The minimum Gasteiger partial charge on any atom is -0.378 e. The molecule has 224 valence electrons. The van der Waals surface area contributed by atoms with Crippen molar-refractivity contribution in [1.82, 2.24) is 9.55 Å². The molecule has 0 unspecified atom stereocenters. The van der Waals surface area contributed by atoms with Crippen LogP contribution in [0.1, 0.15) is 47.3 Å². The van der Waals surface area contributed by atoms with Crippen LogP contribution in [0, 0.1) is 23.1 Å². The molecule has 1 aromatic heterocycles. The topological polar surface area (TPSA) is 117 Å². The van der Waals surface area contributed by atoms with E-state index in [1.165, 1.54) is 35.0 Å². The van der Waals surface area contributed by atoms with Crippen LogP contribution in [0.25, 0.3) is 11.3 Å². The van der Waals surface area contributed by atoms with E-state index in [1.54, 1.807) is 43.3 Å².